The molecule has 112 valence electrons. The number of amides is 1. The summed E-state index contributed by atoms with van der Waals surface area (Å²) in [6.45, 7) is 7.26. The van der Waals surface area contributed by atoms with Gasteiger partial charge in [-0.15, -0.1) is 0 Å². The fraction of sp³-hybridized carbons (Fsp3) is 0.929. The summed E-state index contributed by atoms with van der Waals surface area (Å²) in [7, 11) is 3.78. The highest BCUT2D eigenvalue weighted by Crippen LogP contribution is 2.09. The number of methoxy groups -OCH3 is 1. The number of nitrogens with one attached hydrogen (secondary N) is 1. The van der Waals surface area contributed by atoms with Gasteiger partial charge < -0.3 is 19.9 Å². The number of nitrogens with zero attached hydrogens (tertiary/aromatic N) is 2. The smallest absolute Gasteiger partial charge is 0.239 e. The third kappa shape index (κ3) is 6.36. The van der Waals surface area contributed by atoms with E-state index in [1.165, 1.54) is 6.42 Å². The molecular formula is C14H29N3O2. The summed E-state index contributed by atoms with van der Waals surface area (Å²) < 4.78 is 5.03. The SMILES string of the molecule is COCCN(C)CCNC(C)C(=O)N1CCCCC1. The van der Waals surface area contributed by atoms with Gasteiger partial charge in [0, 0.05) is 39.8 Å². The Kier molecular flexibility index (Phi) is 8.02. The molecule has 0 aromatic carbocycles. The highest BCUT2D eigenvalue weighted by Gasteiger charge is 2.21. The van der Waals surface area contributed by atoms with Gasteiger partial charge in [0.25, 0.3) is 0 Å². The van der Waals surface area contributed by atoms with E-state index in [4.69, 9.17) is 4.74 Å². The summed E-state index contributed by atoms with van der Waals surface area (Å²) in [5.74, 6) is 0.249. The molecule has 5 heteroatoms. The molecule has 1 amide bonds. The Morgan fingerprint density at radius 2 is 2.00 bits per heavy atom. The Morgan fingerprint density at radius 1 is 1.32 bits per heavy atom. The maximum Gasteiger partial charge on any atom is 0.239 e. The molecule has 1 fully saturated rings. The summed E-state index contributed by atoms with van der Waals surface area (Å²) in [6, 6.07) is -0.0751. The zero-order valence-corrected chi connectivity index (χ0v) is 12.7. The van der Waals surface area contributed by atoms with Crippen molar-refractivity contribution in [3.63, 3.8) is 0 Å². The van der Waals surface area contributed by atoms with Crippen molar-refractivity contribution in [2.75, 3.05) is 53.5 Å². The molecule has 19 heavy (non-hydrogen) atoms. The van der Waals surface area contributed by atoms with Gasteiger partial charge in [-0.1, -0.05) is 0 Å². The van der Waals surface area contributed by atoms with Crippen molar-refractivity contribution >= 4 is 5.91 Å². The molecule has 5 nitrogen and oxygen atoms in total. The third-order valence-corrected chi connectivity index (χ3v) is 3.66. The summed E-state index contributed by atoms with van der Waals surface area (Å²) in [6.07, 6.45) is 3.56. The van der Waals surface area contributed by atoms with Crippen LogP contribution in [0.15, 0.2) is 0 Å². The van der Waals surface area contributed by atoms with E-state index in [-0.39, 0.29) is 11.9 Å². The molecule has 1 aliphatic rings. The maximum atomic E-state index is 12.2. The number of piperidine rings is 1. The van der Waals surface area contributed by atoms with Crippen LogP contribution in [0, 0.1) is 0 Å². The molecule has 1 atom stereocenters. The fourth-order valence-electron chi connectivity index (χ4n) is 2.31. The predicted octanol–water partition coefficient (Wildman–Crippen LogP) is 0.555. The molecule has 0 saturated carbocycles. The van der Waals surface area contributed by atoms with E-state index >= 15 is 0 Å². The molecule has 0 radical (unpaired) electrons. The van der Waals surface area contributed by atoms with Crippen molar-refractivity contribution in [2.24, 2.45) is 0 Å². The minimum atomic E-state index is -0.0751. The topological polar surface area (TPSA) is 44.8 Å². The highest BCUT2D eigenvalue weighted by atomic mass is 16.5. The van der Waals surface area contributed by atoms with Gasteiger partial charge in [0.15, 0.2) is 0 Å². The van der Waals surface area contributed by atoms with Crippen LogP contribution >= 0.6 is 0 Å². The number of hydrogen-bond donors (Lipinski definition) is 1. The molecule has 1 unspecified atom stereocenters. The summed E-state index contributed by atoms with van der Waals surface area (Å²) in [5.41, 5.74) is 0. The molecule has 0 spiro atoms. The van der Waals surface area contributed by atoms with Crippen LogP contribution in [0.4, 0.5) is 0 Å². The van der Waals surface area contributed by atoms with Gasteiger partial charge in [-0.25, -0.2) is 0 Å². The molecule has 0 aliphatic carbocycles. The van der Waals surface area contributed by atoms with Crippen LogP contribution in [-0.4, -0.2) is 75.2 Å². The zero-order chi connectivity index (χ0) is 14.1. The second-order valence-electron chi connectivity index (χ2n) is 5.36. The van der Waals surface area contributed by atoms with Crippen LogP contribution in [0.1, 0.15) is 26.2 Å². The van der Waals surface area contributed by atoms with E-state index < -0.39 is 0 Å². The van der Waals surface area contributed by atoms with Crippen molar-refractivity contribution in [1.29, 1.82) is 0 Å². The summed E-state index contributed by atoms with van der Waals surface area (Å²) >= 11 is 0. The van der Waals surface area contributed by atoms with Crippen molar-refractivity contribution in [1.82, 2.24) is 15.1 Å². The second kappa shape index (κ2) is 9.28. The van der Waals surface area contributed by atoms with Crippen LogP contribution in [0.2, 0.25) is 0 Å². The lowest BCUT2D eigenvalue weighted by atomic mass is 10.1. The summed E-state index contributed by atoms with van der Waals surface area (Å²) in [4.78, 5) is 16.4. The van der Waals surface area contributed by atoms with Crippen molar-refractivity contribution in [3.8, 4) is 0 Å². The number of likely N-dealkylation sites (tertiary alicyclic amines) is 1. The maximum absolute atomic E-state index is 12.2. The Bertz CT molecular complexity index is 255. The normalized spacial score (nSPS) is 17.8. The van der Waals surface area contributed by atoms with Gasteiger partial charge in [0.05, 0.1) is 12.6 Å². The van der Waals surface area contributed by atoms with Crippen molar-refractivity contribution in [2.45, 2.75) is 32.2 Å². The number of rotatable bonds is 8. The highest BCUT2D eigenvalue weighted by molar-refractivity contribution is 5.81. The fourth-order valence-corrected chi connectivity index (χ4v) is 2.31. The second-order valence-corrected chi connectivity index (χ2v) is 5.36. The van der Waals surface area contributed by atoms with Gasteiger partial charge >= 0.3 is 0 Å². The first-order valence-electron chi connectivity index (χ1n) is 7.35. The Hall–Kier alpha value is -0.650. The van der Waals surface area contributed by atoms with E-state index in [1.807, 2.05) is 11.8 Å². The lowest BCUT2D eigenvalue weighted by molar-refractivity contribution is -0.133. The Labute approximate surface area is 117 Å². The minimum absolute atomic E-state index is 0.0751. The van der Waals surface area contributed by atoms with Crippen LogP contribution in [0.25, 0.3) is 0 Å². The monoisotopic (exact) mass is 271 g/mol. The Morgan fingerprint density at radius 3 is 2.63 bits per heavy atom. The Balaban J connectivity index is 2.15. The molecule has 0 bridgehead atoms. The van der Waals surface area contributed by atoms with Gasteiger partial charge in [0.1, 0.15) is 0 Å². The number of hydrogen-bond acceptors (Lipinski definition) is 4. The molecule has 1 rings (SSSR count). The molecule has 0 aromatic rings. The van der Waals surface area contributed by atoms with Crippen LogP contribution in [-0.2, 0) is 9.53 Å². The summed E-state index contributed by atoms with van der Waals surface area (Å²) in [5, 5.41) is 3.31. The van der Waals surface area contributed by atoms with Crippen LogP contribution in [0.3, 0.4) is 0 Å². The molecule has 1 heterocycles. The average molecular weight is 271 g/mol. The largest absolute Gasteiger partial charge is 0.383 e. The standard InChI is InChI=1S/C14H29N3O2/c1-13(14(18)17-8-5-4-6-9-17)15-7-10-16(2)11-12-19-3/h13,15H,4-12H2,1-3H3. The van der Waals surface area contributed by atoms with E-state index in [1.54, 1.807) is 7.11 Å². The lowest BCUT2D eigenvalue weighted by Crippen LogP contribution is -2.48. The van der Waals surface area contributed by atoms with E-state index in [0.717, 1.165) is 52.2 Å². The first-order valence-corrected chi connectivity index (χ1v) is 7.35. The molecular weight excluding hydrogens is 242 g/mol. The van der Waals surface area contributed by atoms with Crippen LogP contribution in [0.5, 0.6) is 0 Å². The molecule has 1 saturated heterocycles. The first-order chi connectivity index (χ1) is 9.15. The van der Waals surface area contributed by atoms with E-state index in [2.05, 4.69) is 17.3 Å². The third-order valence-electron chi connectivity index (χ3n) is 3.66. The number of carbonyl (C=O) groups excluding carboxylic acids is 1. The molecule has 1 aliphatic heterocycles. The zero-order valence-electron chi connectivity index (χ0n) is 12.7. The van der Waals surface area contributed by atoms with Gasteiger partial charge in [0.2, 0.25) is 5.91 Å². The quantitative estimate of drug-likeness (QED) is 0.700. The van der Waals surface area contributed by atoms with Crippen molar-refractivity contribution in [3.05, 3.63) is 0 Å². The number of ether oxygens (including phenoxy) is 1. The van der Waals surface area contributed by atoms with Crippen LogP contribution < -0.4 is 5.32 Å². The number of carbonyl (C=O) groups is 1. The lowest BCUT2D eigenvalue weighted by Gasteiger charge is -2.29. The van der Waals surface area contributed by atoms with Gasteiger partial charge in [-0.05, 0) is 33.2 Å². The van der Waals surface area contributed by atoms with Gasteiger partial charge in [-0.3, -0.25) is 4.79 Å². The first kappa shape index (κ1) is 16.4. The average Bonchev–Trinajstić information content (AvgIpc) is 2.45. The predicted molar refractivity (Wildman–Crippen MR) is 77.3 cm³/mol. The van der Waals surface area contributed by atoms with Gasteiger partial charge in [-0.2, -0.15) is 0 Å². The van der Waals surface area contributed by atoms with E-state index in [9.17, 15) is 4.79 Å². The molecule has 1 N–H and O–H groups in total. The molecule has 0 aromatic heterocycles. The van der Waals surface area contributed by atoms with E-state index in [0.29, 0.717) is 0 Å². The van der Waals surface area contributed by atoms with Crippen molar-refractivity contribution < 1.29 is 9.53 Å². The number of likely N-dealkylation sites (N-methyl/N-ethyl adjacent to an activating group) is 1. The minimum Gasteiger partial charge on any atom is -0.383 e.